The van der Waals surface area contributed by atoms with Crippen LogP contribution in [0.5, 0.6) is 0 Å². The third kappa shape index (κ3) is 3.44. The summed E-state index contributed by atoms with van der Waals surface area (Å²) in [6, 6.07) is 2.75. The molecule has 6 heteroatoms. The molecule has 0 unspecified atom stereocenters. The predicted molar refractivity (Wildman–Crippen MR) is 80.4 cm³/mol. The molecule has 0 aliphatic carbocycles. The lowest BCUT2D eigenvalue weighted by Gasteiger charge is -2.26. The highest BCUT2D eigenvalue weighted by Gasteiger charge is 2.24. The smallest absolute Gasteiger partial charge is 0.141 e. The molecule has 0 radical (unpaired) electrons. The van der Waals surface area contributed by atoms with E-state index in [0.29, 0.717) is 18.3 Å². The van der Waals surface area contributed by atoms with E-state index in [9.17, 15) is 8.78 Å². The average Bonchev–Trinajstić information content (AvgIpc) is 2.56. The maximum absolute atomic E-state index is 14.0. The van der Waals surface area contributed by atoms with Crippen LogP contribution >= 0.6 is 0 Å². The predicted octanol–water partition coefficient (Wildman–Crippen LogP) is 2.50. The summed E-state index contributed by atoms with van der Waals surface area (Å²) >= 11 is 0. The van der Waals surface area contributed by atoms with Crippen LogP contribution in [0.4, 0.5) is 8.78 Å². The molecule has 1 saturated heterocycles. The van der Waals surface area contributed by atoms with Crippen molar-refractivity contribution in [1.82, 2.24) is 10.6 Å². The molecule has 4 nitrogen and oxygen atoms in total. The van der Waals surface area contributed by atoms with E-state index in [1.165, 1.54) is 12.4 Å². The molecule has 0 saturated carbocycles. The summed E-state index contributed by atoms with van der Waals surface area (Å²) in [6.45, 7) is 2.55. The van der Waals surface area contributed by atoms with Crippen molar-refractivity contribution in [3.8, 4) is 0 Å². The van der Waals surface area contributed by atoms with E-state index in [0.717, 1.165) is 38.1 Å². The lowest BCUT2D eigenvalue weighted by Crippen LogP contribution is -2.30. The van der Waals surface area contributed by atoms with E-state index >= 15 is 0 Å². The fourth-order valence-corrected chi connectivity index (χ4v) is 2.73. The minimum Gasteiger partial charge on any atom is -0.493 e. The number of piperidine rings is 1. The first-order valence-corrected chi connectivity index (χ1v) is 7.50. The third-order valence-electron chi connectivity index (χ3n) is 3.99. The Morgan fingerprint density at radius 2 is 2.05 bits per heavy atom. The van der Waals surface area contributed by atoms with E-state index in [1.54, 1.807) is 6.20 Å². The molecule has 1 fully saturated rings. The lowest BCUT2D eigenvalue weighted by molar-refractivity contribution is 0.132. The molecule has 22 heavy (non-hydrogen) atoms. The molecule has 2 N–H and O–H groups in total. The molecule has 0 amide bonds. The van der Waals surface area contributed by atoms with Crippen LogP contribution in [0.25, 0.3) is 0 Å². The summed E-state index contributed by atoms with van der Waals surface area (Å²) in [5, 5.41) is 6.15. The van der Waals surface area contributed by atoms with E-state index in [-0.39, 0.29) is 5.56 Å². The molecule has 0 bridgehead atoms. The summed E-state index contributed by atoms with van der Waals surface area (Å²) in [5.41, 5.74) is 0.189. The van der Waals surface area contributed by atoms with Crippen LogP contribution in [0, 0.1) is 17.6 Å². The summed E-state index contributed by atoms with van der Waals surface area (Å²) in [7, 11) is 0. The summed E-state index contributed by atoms with van der Waals surface area (Å²) in [4.78, 5) is 4.20. The van der Waals surface area contributed by atoms with Gasteiger partial charge in [0.15, 0.2) is 0 Å². The van der Waals surface area contributed by atoms with Crippen LogP contribution in [-0.4, -0.2) is 26.0 Å². The molecule has 2 heterocycles. The highest BCUT2D eigenvalue weighted by molar-refractivity contribution is 5.59. The molecular weight excluding hydrogens is 288 g/mol. The second-order valence-corrected chi connectivity index (χ2v) is 5.56. The number of rotatable bonds is 4. The van der Waals surface area contributed by atoms with Crippen molar-refractivity contribution in [3.63, 3.8) is 0 Å². The van der Waals surface area contributed by atoms with E-state index < -0.39 is 17.7 Å². The van der Waals surface area contributed by atoms with Gasteiger partial charge in [0.1, 0.15) is 23.4 Å². The standard InChI is InChI=1S/C16H19F2N3O/c17-12-1-2-14(18)13(7-12)16-15(8-20-10-21-16)22-9-11-3-5-19-6-4-11/h1-2,7-8,10-11,16,19H,3-6,9H2,(H,20,21)/t16-/m0/s1. The van der Waals surface area contributed by atoms with Crippen molar-refractivity contribution in [2.24, 2.45) is 10.9 Å². The van der Waals surface area contributed by atoms with Crippen LogP contribution in [0.2, 0.25) is 0 Å². The monoisotopic (exact) mass is 307 g/mol. The van der Waals surface area contributed by atoms with Crippen molar-refractivity contribution in [2.75, 3.05) is 19.7 Å². The first kappa shape index (κ1) is 15.0. The molecule has 3 rings (SSSR count). The number of nitrogens with zero attached hydrogens (tertiary/aromatic N) is 1. The van der Waals surface area contributed by atoms with E-state index in [2.05, 4.69) is 15.6 Å². The number of hydrogen-bond donors (Lipinski definition) is 2. The minimum atomic E-state index is -0.640. The zero-order valence-electron chi connectivity index (χ0n) is 12.2. The Kier molecular flexibility index (Phi) is 4.68. The molecule has 1 aromatic carbocycles. The van der Waals surface area contributed by atoms with Crippen LogP contribution in [0.1, 0.15) is 24.4 Å². The Hall–Kier alpha value is -1.95. The van der Waals surface area contributed by atoms with Crippen molar-refractivity contribution >= 4 is 6.34 Å². The number of ether oxygens (including phenoxy) is 1. The summed E-state index contributed by atoms with van der Waals surface area (Å²) in [5.74, 6) is 0.0289. The number of hydrogen-bond acceptors (Lipinski definition) is 4. The van der Waals surface area contributed by atoms with Gasteiger partial charge in [0.25, 0.3) is 0 Å². The van der Waals surface area contributed by atoms with Gasteiger partial charge in [-0.3, -0.25) is 4.99 Å². The second-order valence-electron chi connectivity index (χ2n) is 5.56. The topological polar surface area (TPSA) is 45.7 Å². The number of aliphatic imine (C=N–C) groups is 1. The van der Waals surface area contributed by atoms with Crippen molar-refractivity contribution in [2.45, 2.75) is 18.9 Å². The second kappa shape index (κ2) is 6.87. The highest BCUT2D eigenvalue weighted by atomic mass is 19.1. The normalized spacial score (nSPS) is 22.1. The van der Waals surface area contributed by atoms with Gasteiger partial charge in [0, 0.05) is 11.8 Å². The minimum absolute atomic E-state index is 0.189. The third-order valence-corrected chi connectivity index (χ3v) is 3.99. The van der Waals surface area contributed by atoms with Crippen molar-refractivity contribution < 1.29 is 13.5 Å². The summed E-state index contributed by atoms with van der Waals surface area (Å²) < 4.78 is 33.2. The van der Waals surface area contributed by atoms with Crippen LogP contribution in [-0.2, 0) is 4.74 Å². The zero-order chi connectivity index (χ0) is 15.4. The van der Waals surface area contributed by atoms with E-state index in [1.807, 2.05) is 0 Å². The summed E-state index contributed by atoms with van der Waals surface area (Å²) in [6.07, 6.45) is 5.24. The number of halogens is 2. The van der Waals surface area contributed by atoms with Crippen molar-refractivity contribution in [1.29, 1.82) is 0 Å². The SMILES string of the molecule is Fc1ccc(F)c([C@@H]2N=CNC=C2OCC2CCNCC2)c1. The molecule has 0 aromatic heterocycles. The molecule has 2 aliphatic rings. The van der Waals surface area contributed by atoms with Gasteiger partial charge < -0.3 is 15.4 Å². The van der Waals surface area contributed by atoms with E-state index in [4.69, 9.17) is 4.74 Å². The Morgan fingerprint density at radius 1 is 1.23 bits per heavy atom. The number of nitrogens with one attached hydrogen (secondary N) is 2. The fraction of sp³-hybridized carbons (Fsp3) is 0.438. The maximum Gasteiger partial charge on any atom is 0.141 e. The Balaban J connectivity index is 1.71. The molecule has 0 spiro atoms. The number of benzene rings is 1. The molecule has 118 valence electrons. The first-order valence-electron chi connectivity index (χ1n) is 7.50. The Morgan fingerprint density at radius 3 is 2.86 bits per heavy atom. The quantitative estimate of drug-likeness (QED) is 0.898. The lowest BCUT2D eigenvalue weighted by atomic mass is 9.99. The fourth-order valence-electron chi connectivity index (χ4n) is 2.73. The first-order chi connectivity index (χ1) is 10.7. The van der Waals surface area contributed by atoms with Gasteiger partial charge in [0.2, 0.25) is 0 Å². The molecule has 1 atom stereocenters. The van der Waals surface area contributed by atoms with Gasteiger partial charge in [-0.05, 0) is 50.0 Å². The average molecular weight is 307 g/mol. The van der Waals surface area contributed by atoms with Crippen LogP contribution in [0.15, 0.2) is 35.2 Å². The van der Waals surface area contributed by atoms with Gasteiger partial charge in [-0.25, -0.2) is 8.78 Å². The van der Waals surface area contributed by atoms with Gasteiger partial charge in [-0.2, -0.15) is 0 Å². The van der Waals surface area contributed by atoms with Gasteiger partial charge in [0.05, 0.1) is 12.9 Å². The Labute approximate surface area is 128 Å². The maximum atomic E-state index is 14.0. The van der Waals surface area contributed by atoms with Crippen molar-refractivity contribution in [3.05, 3.63) is 47.4 Å². The van der Waals surface area contributed by atoms with Crippen LogP contribution < -0.4 is 10.6 Å². The van der Waals surface area contributed by atoms with Gasteiger partial charge in [-0.1, -0.05) is 0 Å². The molecular formula is C16H19F2N3O. The molecule has 1 aromatic rings. The highest BCUT2D eigenvalue weighted by Crippen LogP contribution is 2.31. The van der Waals surface area contributed by atoms with Gasteiger partial charge in [-0.15, -0.1) is 0 Å². The van der Waals surface area contributed by atoms with Crippen LogP contribution in [0.3, 0.4) is 0 Å². The Bertz CT molecular complexity index is 583. The largest absolute Gasteiger partial charge is 0.493 e. The molecule has 2 aliphatic heterocycles. The van der Waals surface area contributed by atoms with Gasteiger partial charge >= 0.3 is 0 Å². The zero-order valence-corrected chi connectivity index (χ0v) is 12.2.